The highest BCUT2D eigenvalue weighted by Gasteiger charge is 2.27. The van der Waals surface area contributed by atoms with Crippen molar-refractivity contribution in [2.75, 3.05) is 26.2 Å². The zero-order valence-electron chi connectivity index (χ0n) is 11.8. The molecule has 1 aliphatic rings. The number of ether oxygens (including phenoxy) is 1. The fraction of sp³-hybridized carbons (Fsp3) is 0.923. The lowest BCUT2D eigenvalue weighted by molar-refractivity contribution is -0.145. The molecule has 0 aliphatic carbocycles. The quantitative estimate of drug-likeness (QED) is 0.806. The second kappa shape index (κ2) is 9.59. The van der Waals surface area contributed by atoms with E-state index in [0.717, 1.165) is 38.9 Å². The normalized spacial score (nSPS) is 17.9. The van der Waals surface area contributed by atoms with Crippen molar-refractivity contribution >= 4 is 18.3 Å². The molecule has 0 radical (unpaired) electrons. The van der Waals surface area contributed by atoms with Gasteiger partial charge in [-0.15, -0.1) is 12.4 Å². The van der Waals surface area contributed by atoms with E-state index in [1.807, 2.05) is 18.7 Å². The number of piperidine rings is 1. The minimum Gasteiger partial charge on any atom is -0.369 e. The number of carbonyl (C=O) groups is 1. The van der Waals surface area contributed by atoms with Crippen molar-refractivity contribution in [1.29, 1.82) is 0 Å². The van der Waals surface area contributed by atoms with Gasteiger partial charge in [-0.25, -0.2) is 0 Å². The van der Waals surface area contributed by atoms with Crippen LogP contribution < -0.4 is 5.32 Å². The van der Waals surface area contributed by atoms with Crippen LogP contribution in [0, 0.1) is 0 Å². The predicted octanol–water partition coefficient (Wildman–Crippen LogP) is 1.82. The molecule has 1 saturated heterocycles. The Labute approximate surface area is 117 Å². The van der Waals surface area contributed by atoms with Crippen LogP contribution in [0.2, 0.25) is 0 Å². The Morgan fingerprint density at radius 3 is 2.50 bits per heavy atom. The molecule has 0 bridgehead atoms. The molecule has 1 amide bonds. The van der Waals surface area contributed by atoms with Crippen LogP contribution in [0.25, 0.3) is 0 Å². The molecule has 1 rings (SSSR count). The zero-order valence-corrected chi connectivity index (χ0v) is 12.6. The average molecular weight is 279 g/mol. The molecule has 0 aromatic rings. The van der Waals surface area contributed by atoms with Gasteiger partial charge in [0.2, 0.25) is 0 Å². The molecule has 1 heterocycles. The van der Waals surface area contributed by atoms with Crippen molar-refractivity contribution in [3.63, 3.8) is 0 Å². The summed E-state index contributed by atoms with van der Waals surface area (Å²) < 4.78 is 5.41. The summed E-state index contributed by atoms with van der Waals surface area (Å²) in [4.78, 5) is 14.3. The molecular weight excluding hydrogens is 252 g/mol. The van der Waals surface area contributed by atoms with E-state index in [-0.39, 0.29) is 24.4 Å². The van der Waals surface area contributed by atoms with E-state index < -0.39 is 0 Å². The van der Waals surface area contributed by atoms with Gasteiger partial charge in [0.25, 0.3) is 5.91 Å². The molecule has 1 fully saturated rings. The standard InChI is InChI=1S/C13H26N2O2.ClH/c1-4-10-15(12-6-8-14-9-7-12)13(16)11(3)17-5-2;/h11-12,14H,4-10H2,1-3H3;1H. The summed E-state index contributed by atoms with van der Waals surface area (Å²) in [6.45, 7) is 9.38. The topological polar surface area (TPSA) is 41.6 Å². The molecule has 0 aromatic heterocycles. The first-order chi connectivity index (χ1) is 8.20. The molecule has 108 valence electrons. The van der Waals surface area contributed by atoms with Crippen LogP contribution in [0.15, 0.2) is 0 Å². The van der Waals surface area contributed by atoms with Gasteiger partial charge in [0, 0.05) is 19.2 Å². The lowest BCUT2D eigenvalue weighted by Gasteiger charge is -2.36. The maximum atomic E-state index is 12.3. The average Bonchev–Trinajstić information content (AvgIpc) is 2.36. The second-order valence-corrected chi connectivity index (χ2v) is 4.61. The number of carbonyl (C=O) groups excluding carboxylic acids is 1. The number of hydrogen-bond acceptors (Lipinski definition) is 3. The van der Waals surface area contributed by atoms with E-state index in [0.29, 0.717) is 12.6 Å². The van der Waals surface area contributed by atoms with Crippen LogP contribution in [-0.2, 0) is 9.53 Å². The summed E-state index contributed by atoms with van der Waals surface area (Å²) in [6.07, 6.45) is 2.82. The third kappa shape index (κ3) is 5.12. The lowest BCUT2D eigenvalue weighted by Crippen LogP contribution is -2.49. The third-order valence-corrected chi connectivity index (χ3v) is 3.26. The molecule has 4 nitrogen and oxygen atoms in total. The lowest BCUT2D eigenvalue weighted by atomic mass is 10.0. The van der Waals surface area contributed by atoms with Gasteiger partial charge in [-0.3, -0.25) is 4.79 Å². The van der Waals surface area contributed by atoms with Gasteiger partial charge in [0.1, 0.15) is 6.10 Å². The van der Waals surface area contributed by atoms with Crippen LogP contribution in [0.3, 0.4) is 0 Å². The third-order valence-electron chi connectivity index (χ3n) is 3.26. The Morgan fingerprint density at radius 2 is 2.00 bits per heavy atom. The Hall–Kier alpha value is -0.320. The predicted molar refractivity (Wildman–Crippen MR) is 76.2 cm³/mol. The summed E-state index contributed by atoms with van der Waals surface area (Å²) in [7, 11) is 0. The smallest absolute Gasteiger partial charge is 0.251 e. The first-order valence-corrected chi connectivity index (χ1v) is 6.83. The van der Waals surface area contributed by atoms with E-state index in [1.54, 1.807) is 0 Å². The summed E-state index contributed by atoms with van der Waals surface area (Å²) in [5.74, 6) is 0.153. The van der Waals surface area contributed by atoms with Crippen molar-refractivity contribution in [3.05, 3.63) is 0 Å². The van der Waals surface area contributed by atoms with Gasteiger partial charge in [0.05, 0.1) is 0 Å². The van der Waals surface area contributed by atoms with Crippen molar-refractivity contribution in [2.45, 2.75) is 52.2 Å². The van der Waals surface area contributed by atoms with Crippen LogP contribution in [0.4, 0.5) is 0 Å². The monoisotopic (exact) mass is 278 g/mol. The summed E-state index contributed by atoms with van der Waals surface area (Å²) in [5.41, 5.74) is 0. The molecule has 18 heavy (non-hydrogen) atoms. The second-order valence-electron chi connectivity index (χ2n) is 4.61. The van der Waals surface area contributed by atoms with Crippen LogP contribution >= 0.6 is 12.4 Å². The zero-order chi connectivity index (χ0) is 12.7. The summed E-state index contributed by atoms with van der Waals surface area (Å²) in [6, 6.07) is 0.395. The van der Waals surface area contributed by atoms with Gasteiger partial charge in [-0.1, -0.05) is 6.92 Å². The number of nitrogens with zero attached hydrogens (tertiary/aromatic N) is 1. The summed E-state index contributed by atoms with van der Waals surface area (Å²) >= 11 is 0. The highest BCUT2D eigenvalue weighted by atomic mass is 35.5. The number of rotatable bonds is 6. The minimum absolute atomic E-state index is 0. The maximum Gasteiger partial charge on any atom is 0.251 e. The molecule has 0 aromatic carbocycles. The largest absolute Gasteiger partial charge is 0.369 e. The maximum absolute atomic E-state index is 12.3. The Morgan fingerprint density at radius 1 is 1.39 bits per heavy atom. The van der Waals surface area contributed by atoms with Gasteiger partial charge in [0.15, 0.2) is 0 Å². The fourth-order valence-corrected chi connectivity index (χ4v) is 2.39. The number of nitrogens with one attached hydrogen (secondary N) is 1. The van der Waals surface area contributed by atoms with E-state index in [2.05, 4.69) is 12.2 Å². The first kappa shape index (κ1) is 17.7. The Bertz CT molecular complexity index is 233. The first-order valence-electron chi connectivity index (χ1n) is 6.83. The molecule has 1 atom stereocenters. The van der Waals surface area contributed by atoms with Crippen molar-refractivity contribution in [2.24, 2.45) is 0 Å². The Balaban J connectivity index is 0.00000289. The SMILES string of the molecule is CCCN(C(=O)C(C)OCC)C1CCNCC1.Cl. The number of hydrogen-bond donors (Lipinski definition) is 1. The molecule has 1 aliphatic heterocycles. The van der Waals surface area contributed by atoms with E-state index >= 15 is 0 Å². The van der Waals surface area contributed by atoms with E-state index in [4.69, 9.17) is 4.74 Å². The van der Waals surface area contributed by atoms with Crippen LogP contribution in [0.1, 0.15) is 40.0 Å². The van der Waals surface area contributed by atoms with Crippen LogP contribution in [0.5, 0.6) is 0 Å². The molecule has 5 heteroatoms. The minimum atomic E-state index is -0.304. The highest BCUT2D eigenvalue weighted by molar-refractivity contribution is 5.85. The Kier molecular flexibility index (Phi) is 9.42. The molecule has 0 spiro atoms. The van der Waals surface area contributed by atoms with Crippen molar-refractivity contribution in [3.8, 4) is 0 Å². The number of halogens is 1. The molecule has 1 unspecified atom stereocenters. The summed E-state index contributed by atoms with van der Waals surface area (Å²) in [5, 5.41) is 3.34. The van der Waals surface area contributed by atoms with Crippen molar-refractivity contribution in [1.82, 2.24) is 10.2 Å². The van der Waals surface area contributed by atoms with Gasteiger partial charge in [-0.2, -0.15) is 0 Å². The van der Waals surface area contributed by atoms with Crippen molar-refractivity contribution < 1.29 is 9.53 Å². The van der Waals surface area contributed by atoms with E-state index in [1.165, 1.54) is 0 Å². The molecule has 1 N–H and O–H groups in total. The molecular formula is C13H27ClN2O2. The number of amides is 1. The van der Waals surface area contributed by atoms with Gasteiger partial charge in [-0.05, 0) is 46.2 Å². The van der Waals surface area contributed by atoms with Crippen LogP contribution in [-0.4, -0.2) is 49.2 Å². The van der Waals surface area contributed by atoms with E-state index in [9.17, 15) is 4.79 Å². The fourth-order valence-electron chi connectivity index (χ4n) is 2.39. The highest BCUT2D eigenvalue weighted by Crippen LogP contribution is 2.14. The van der Waals surface area contributed by atoms with Gasteiger partial charge < -0.3 is 15.0 Å². The van der Waals surface area contributed by atoms with Gasteiger partial charge >= 0.3 is 0 Å². The molecule has 0 saturated carbocycles.